The molecule has 41 heavy (non-hydrogen) atoms. The number of esters is 1. The summed E-state index contributed by atoms with van der Waals surface area (Å²) in [4.78, 5) is 26.1. The standard InChI is InChI=1S/C33H40N2O6/c1-21-30(19-35(5)22(2)26-10-7-6-8-11-26)40-33(41-31(21)27-16-14-25(20-36)15-17-27)28-12-9-13-29(18-28)34-32(38)23(3)39-24(4)37/h6-18,21-23,30-31,33,36H,19-20H2,1-5H3,(H,34,38)/t21-,22+,23+,30+,31+,33+/m1/s1. The smallest absolute Gasteiger partial charge is 0.303 e. The molecule has 1 fully saturated rings. The Kier molecular flexibility index (Phi) is 10.3. The van der Waals surface area contributed by atoms with E-state index in [1.807, 2.05) is 60.7 Å². The second kappa shape index (κ2) is 13.9. The summed E-state index contributed by atoms with van der Waals surface area (Å²) in [6.07, 6.45) is -2.01. The molecule has 3 aromatic rings. The van der Waals surface area contributed by atoms with Crippen molar-refractivity contribution in [1.29, 1.82) is 0 Å². The predicted octanol–water partition coefficient (Wildman–Crippen LogP) is 5.55. The first-order valence-electron chi connectivity index (χ1n) is 14.0. The highest BCUT2D eigenvalue weighted by Gasteiger charge is 2.39. The number of benzene rings is 3. The van der Waals surface area contributed by atoms with Crippen LogP contribution in [-0.4, -0.2) is 47.7 Å². The van der Waals surface area contributed by atoms with Crippen molar-refractivity contribution in [2.75, 3.05) is 18.9 Å². The lowest BCUT2D eigenvalue weighted by atomic mass is 9.89. The zero-order valence-corrected chi connectivity index (χ0v) is 24.3. The van der Waals surface area contributed by atoms with E-state index >= 15 is 0 Å². The third kappa shape index (κ3) is 7.80. The van der Waals surface area contributed by atoms with Gasteiger partial charge >= 0.3 is 5.97 Å². The number of anilines is 1. The Morgan fingerprint density at radius 1 is 0.976 bits per heavy atom. The van der Waals surface area contributed by atoms with Gasteiger partial charge in [0.05, 0.1) is 18.8 Å². The Hall–Kier alpha value is -3.56. The number of rotatable bonds is 10. The largest absolute Gasteiger partial charge is 0.453 e. The lowest BCUT2D eigenvalue weighted by Crippen LogP contribution is -2.44. The maximum atomic E-state index is 12.5. The molecule has 8 nitrogen and oxygen atoms in total. The molecule has 0 bridgehead atoms. The van der Waals surface area contributed by atoms with Crippen LogP contribution in [0.4, 0.5) is 5.69 Å². The maximum absolute atomic E-state index is 12.5. The fourth-order valence-electron chi connectivity index (χ4n) is 5.07. The molecular formula is C33H40N2O6. The second-order valence-electron chi connectivity index (χ2n) is 10.7. The molecule has 1 heterocycles. The van der Waals surface area contributed by atoms with Crippen molar-refractivity contribution in [2.45, 2.75) is 64.9 Å². The summed E-state index contributed by atoms with van der Waals surface area (Å²) in [5.41, 5.74) is 4.38. The molecule has 0 saturated carbocycles. The van der Waals surface area contributed by atoms with Crippen LogP contribution in [0.5, 0.6) is 0 Å². The van der Waals surface area contributed by atoms with Crippen molar-refractivity contribution in [1.82, 2.24) is 4.90 Å². The van der Waals surface area contributed by atoms with E-state index in [1.54, 1.807) is 6.07 Å². The SMILES string of the molecule is CC(=O)O[C@@H](C)C(=O)Nc1cccc([C@H]2O[C@@H](CN(C)[C@@H](C)c3ccccc3)[C@@H](C)[C@@H](c3ccc(CO)cc3)O2)c1. The molecule has 8 heteroatoms. The van der Waals surface area contributed by atoms with E-state index in [9.17, 15) is 14.7 Å². The predicted molar refractivity (Wildman–Crippen MR) is 157 cm³/mol. The van der Waals surface area contributed by atoms with Gasteiger partial charge < -0.3 is 24.6 Å². The van der Waals surface area contributed by atoms with Crippen LogP contribution < -0.4 is 5.32 Å². The van der Waals surface area contributed by atoms with Crippen LogP contribution in [0.1, 0.15) is 68.4 Å². The van der Waals surface area contributed by atoms with E-state index in [4.69, 9.17) is 14.2 Å². The number of carbonyl (C=O) groups is 2. The van der Waals surface area contributed by atoms with E-state index in [0.717, 1.165) is 16.7 Å². The van der Waals surface area contributed by atoms with Crippen molar-refractivity contribution in [2.24, 2.45) is 5.92 Å². The van der Waals surface area contributed by atoms with Crippen LogP contribution in [0.3, 0.4) is 0 Å². The number of nitrogens with zero attached hydrogens (tertiary/aromatic N) is 1. The van der Waals surface area contributed by atoms with Gasteiger partial charge in [0.15, 0.2) is 12.4 Å². The molecule has 0 aromatic heterocycles. The molecule has 6 atom stereocenters. The Morgan fingerprint density at radius 3 is 2.34 bits per heavy atom. The monoisotopic (exact) mass is 560 g/mol. The molecule has 1 aliphatic rings. The van der Waals surface area contributed by atoms with Gasteiger partial charge in [0.2, 0.25) is 0 Å². The number of carbonyl (C=O) groups excluding carboxylic acids is 2. The molecule has 3 aromatic carbocycles. The summed E-state index contributed by atoms with van der Waals surface area (Å²) in [7, 11) is 2.10. The minimum absolute atomic E-state index is 0.0214. The van der Waals surface area contributed by atoms with Crippen molar-refractivity contribution < 1.29 is 28.9 Å². The van der Waals surface area contributed by atoms with Gasteiger partial charge in [0.1, 0.15) is 0 Å². The fraction of sp³-hybridized carbons (Fsp3) is 0.394. The number of likely N-dealkylation sites (N-methyl/N-ethyl adjacent to an activating group) is 1. The number of aliphatic hydroxyl groups is 1. The Morgan fingerprint density at radius 2 is 1.68 bits per heavy atom. The summed E-state index contributed by atoms with van der Waals surface area (Å²) in [5, 5.41) is 12.3. The lowest BCUT2D eigenvalue weighted by molar-refractivity contribution is -0.276. The average Bonchev–Trinajstić information content (AvgIpc) is 2.98. The molecule has 218 valence electrons. The van der Waals surface area contributed by atoms with E-state index < -0.39 is 24.3 Å². The number of nitrogens with one attached hydrogen (secondary N) is 1. The van der Waals surface area contributed by atoms with Gasteiger partial charge in [0, 0.05) is 36.7 Å². The molecule has 1 aliphatic heterocycles. The molecule has 2 N–H and O–H groups in total. The van der Waals surface area contributed by atoms with Crippen LogP contribution in [0, 0.1) is 5.92 Å². The van der Waals surface area contributed by atoms with Crippen LogP contribution in [0.25, 0.3) is 0 Å². The number of aliphatic hydroxyl groups excluding tert-OH is 1. The summed E-state index contributed by atoms with van der Waals surface area (Å²) in [6, 6.07) is 25.7. The normalized spacial score (nSPS) is 22.1. The van der Waals surface area contributed by atoms with Crippen molar-refractivity contribution >= 4 is 17.6 Å². The lowest BCUT2D eigenvalue weighted by Gasteiger charge is -2.43. The van der Waals surface area contributed by atoms with Crippen LogP contribution in [-0.2, 0) is 30.4 Å². The summed E-state index contributed by atoms with van der Waals surface area (Å²) < 4.78 is 18.2. The van der Waals surface area contributed by atoms with Gasteiger partial charge in [-0.25, -0.2) is 0 Å². The molecule has 1 amide bonds. The number of hydrogen-bond acceptors (Lipinski definition) is 7. The first kappa shape index (κ1) is 30.4. The van der Waals surface area contributed by atoms with Crippen molar-refractivity contribution in [3.8, 4) is 0 Å². The molecule has 0 aliphatic carbocycles. The molecule has 0 radical (unpaired) electrons. The molecule has 4 rings (SSSR count). The molecule has 1 saturated heterocycles. The topological polar surface area (TPSA) is 97.3 Å². The van der Waals surface area contributed by atoms with Crippen LogP contribution in [0.2, 0.25) is 0 Å². The van der Waals surface area contributed by atoms with Gasteiger partial charge in [-0.05, 0) is 49.7 Å². The number of ether oxygens (including phenoxy) is 3. The Bertz CT molecular complexity index is 1300. The Labute approximate surface area is 242 Å². The van der Waals surface area contributed by atoms with Gasteiger partial charge in [-0.1, -0.05) is 73.7 Å². The minimum atomic E-state index is -0.919. The quantitative estimate of drug-likeness (QED) is 0.314. The first-order valence-corrected chi connectivity index (χ1v) is 14.0. The minimum Gasteiger partial charge on any atom is -0.453 e. The molecule has 0 spiro atoms. The van der Waals surface area contributed by atoms with Crippen LogP contribution >= 0.6 is 0 Å². The zero-order valence-electron chi connectivity index (χ0n) is 24.3. The van der Waals surface area contributed by atoms with E-state index in [0.29, 0.717) is 12.2 Å². The Balaban J connectivity index is 1.58. The highest BCUT2D eigenvalue weighted by Crippen LogP contribution is 2.42. The number of hydrogen-bond donors (Lipinski definition) is 2. The van der Waals surface area contributed by atoms with E-state index in [-0.39, 0.29) is 30.8 Å². The molecule has 0 unspecified atom stereocenters. The van der Waals surface area contributed by atoms with Crippen molar-refractivity contribution in [3.63, 3.8) is 0 Å². The van der Waals surface area contributed by atoms with E-state index in [2.05, 4.69) is 43.2 Å². The fourth-order valence-corrected chi connectivity index (χ4v) is 5.07. The zero-order chi connectivity index (χ0) is 29.5. The van der Waals surface area contributed by atoms with E-state index in [1.165, 1.54) is 19.4 Å². The van der Waals surface area contributed by atoms with Crippen LogP contribution in [0.15, 0.2) is 78.9 Å². The summed E-state index contributed by atoms with van der Waals surface area (Å²) in [5.74, 6) is -0.910. The highest BCUT2D eigenvalue weighted by atomic mass is 16.7. The third-order valence-electron chi connectivity index (χ3n) is 7.67. The maximum Gasteiger partial charge on any atom is 0.303 e. The summed E-state index contributed by atoms with van der Waals surface area (Å²) >= 11 is 0. The third-order valence-corrected chi connectivity index (χ3v) is 7.67. The summed E-state index contributed by atoms with van der Waals surface area (Å²) in [6.45, 7) is 7.78. The van der Waals surface area contributed by atoms with Crippen molar-refractivity contribution in [3.05, 3.63) is 101 Å². The van der Waals surface area contributed by atoms with Gasteiger partial charge in [-0.3, -0.25) is 14.5 Å². The van der Waals surface area contributed by atoms with Gasteiger partial charge in [0.25, 0.3) is 5.91 Å². The number of amides is 1. The highest BCUT2D eigenvalue weighted by molar-refractivity contribution is 5.95. The average molecular weight is 561 g/mol. The van der Waals surface area contributed by atoms with Gasteiger partial charge in [-0.2, -0.15) is 0 Å². The second-order valence-corrected chi connectivity index (χ2v) is 10.7. The molecular weight excluding hydrogens is 520 g/mol. The van der Waals surface area contributed by atoms with Gasteiger partial charge in [-0.15, -0.1) is 0 Å². The first-order chi connectivity index (χ1) is 19.7.